The van der Waals surface area contributed by atoms with Crippen LogP contribution in [0.3, 0.4) is 0 Å². The van der Waals surface area contributed by atoms with Gasteiger partial charge in [0.1, 0.15) is 25.4 Å². The number of hydrogen-bond acceptors (Lipinski definition) is 14. The molecule has 0 aliphatic rings. The normalized spacial score (nSPS) is 10.8. The van der Waals surface area contributed by atoms with Gasteiger partial charge < -0.3 is 45.6 Å². The Balaban J connectivity index is 2.65. The van der Waals surface area contributed by atoms with Crippen molar-refractivity contribution in [3.63, 3.8) is 0 Å². The molecule has 1 rings (SSSR count). The van der Waals surface area contributed by atoms with E-state index in [9.17, 15) is 57.8 Å². The van der Waals surface area contributed by atoms with Crippen molar-refractivity contribution in [2.45, 2.75) is 57.9 Å². The van der Waals surface area contributed by atoms with Crippen LogP contribution in [0.5, 0.6) is 5.75 Å². The summed E-state index contributed by atoms with van der Waals surface area (Å²) in [5.41, 5.74) is 0.646. The van der Waals surface area contributed by atoms with Gasteiger partial charge in [0.25, 0.3) is 0 Å². The number of benzene rings is 1. The topological polar surface area (TPSA) is 281 Å². The average Bonchev–Trinajstić information content (AvgIpc) is 3.15. The first-order chi connectivity index (χ1) is 26.1. The van der Waals surface area contributed by atoms with Gasteiger partial charge in [0.15, 0.2) is 17.3 Å². The number of nitrogens with one attached hydrogen (secondary N) is 4. The molecule has 0 unspecified atom stereocenters. The summed E-state index contributed by atoms with van der Waals surface area (Å²) >= 11 is 0. The maximum Gasteiger partial charge on any atom is 0.325 e. The fourth-order valence-corrected chi connectivity index (χ4v) is 4.67. The quantitative estimate of drug-likeness (QED) is 0.0350. The molecule has 0 aliphatic heterocycles. The second-order valence-corrected chi connectivity index (χ2v) is 12.0. The third-order valence-electron chi connectivity index (χ3n) is 7.68. The predicted octanol–water partition coefficient (Wildman–Crippen LogP) is -2.53. The third kappa shape index (κ3) is 20.6. The number of ketones is 3. The molecule has 302 valence electrons. The number of methoxy groups -OCH3 is 2. The maximum absolute atomic E-state index is 12.9. The van der Waals surface area contributed by atoms with Crippen LogP contribution in [0.25, 0.3) is 0 Å². The molecule has 55 heavy (non-hydrogen) atoms. The lowest BCUT2D eigenvalue weighted by atomic mass is 9.99. The lowest BCUT2D eigenvalue weighted by molar-refractivity contribution is -0.148. The van der Waals surface area contributed by atoms with Crippen LogP contribution in [0.15, 0.2) is 24.3 Å². The zero-order valence-corrected chi connectivity index (χ0v) is 31.0. The summed E-state index contributed by atoms with van der Waals surface area (Å²) < 4.78 is 9.14. The van der Waals surface area contributed by atoms with Crippen LogP contribution >= 0.6 is 0 Å². The molecule has 1 atom stereocenters. The van der Waals surface area contributed by atoms with E-state index >= 15 is 0 Å². The molecule has 0 saturated heterocycles. The number of hydrogen-bond donors (Lipinski definition) is 5. The molecule has 1 aromatic rings. The Morgan fingerprint density at radius 2 is 1.29 bits per heavy atom. The van der Waals surface area contributed by atoms with Gasteiger partial charge in [0.2, 0.25) is 35.9 Å². The van der Waals surface area contributed by atoms with Crippen molar-refractivity contribution in [1.82, 2.24) is 31.1 Å². The van der Waals surface area contributed by atoms with Gasteiger partial charge in [-0.3, -0.25) is 52.7 Å². The minimum Gasteiger partial charge on any atom is -0.508 e. The van der Waals surface area contributed by atoms with Crippen LogP contribution in [-0.4, -0.2) is 146 Å². The Morgan fingerprint density at radius 1 is 0.691 bits per heavy atom. The first-order valence-corrected chi connectivity index (χ1v) is 17.1. The zero-order valence-electron chi connectivity index (χ0n) is 31.0. The van der Waals surface area contributed by atoms with Crippen molar-refractivity contribution in [3.8, 4) is 5.75 Å². The number of aromatic hydroxyl groups is 1. The molecule has 0 radical (unpaired) electrons. The monoisotopic (exact) mass is 776 g/mol. The summed E-state index contributed by atoms with van der Waals surface area (Å²) in [6.07, 6.45) is -0.646. The first kappa shape index (κ1) is 46.8. The fourth-order valence-electron chi connectivity index (χ4n) is 4.67. The van der Waals surface area contributed by atoms with Crippen LogP contribution in [0, 0.1) is 0 Å². The van der Waals surface area contributed by atoms with Crippen LogP contribution in [0.2, 0.25) is 0 Å². The van der Waals surface area contributed by atoms with E-state index in [2.05, 4.69) is 30.7 Å². The van der Waals surface area contributed by atoms with E-state index in [1.807, 2.05) is 0 Å². The van der Waals surface area contributed by atoms with Gasteiger partial charge in [-0.15, -0.1) is 0 Å². The maximum atomic E-state index is 12.9. The zero-order chi connectivity index (χ0) is 41.3. The molecule has 0 fully saturated rings. The molecule has 20 heteroatoms. The van der Waals surface area contributed by atoms with Crippen molar-refractivity contribution in [1.29, 1.82) is 0 Å². The van der Waals surface area contributed by atoms with E-state index < -0.39 is 98.9 Å². The summed E-state index contributed by atoms with van der Waals surface area (Å²) in [5.74, 6) is -6.55. The Kier molecular flexibility index (Phi) is 21.9. The van der Waals surface area contributed by atoms with Gasteiger partial charge >= 0.3 is 11.9 Å². The number of carbonyl (C=O) groups excluding carboxylic acids is 11. The van der Waals surface area contributed by atoms with Crippen molar-refractivity contribution in [3.05, 3.63) is 29.8 Å². The van der Waals surface area contributed by atoms with E-state index in [1.54, 1.807) is 12.1 Å². The molecule has 0 bridgehead atoms. The summed E-state index contributed by atoms with van der Waals surface area (Å²) in [4.78, 5) is 136. The van der Waals surface area contributed by atoms with E-state index in [0.717, 1.165) is 24.0 Å². The highest BCUT2D eigenvalue weighted by atomic mass is 16.5. The summed E-state index contributed by atoms with van der Waals surface area (Å²) in [7, 11) is 2.15. The highest BCUT2D eigenvalue weighted by Crippen LogP contribution is 2.12. The number of Topliss-reactive ketones (excluding diaryl/α,β-unsaturated/α-hetero) is 3. The molecule has 0 spiro atoms. The molecular weight excluding hydrogens is 728 g/mol. The Hall–Kier alpha value is -6.21. The highest BCUT2D eigenvalue weighted by Gasteiger charge is 2.24. The molecule has 0 heterocycles. The highest BCUT2D eigenvalue weighted by molar-refractivity contribution is 5.94. The molecule has 6 amide bonds. The number of nitrogens with zero attached hydrogens (tertiary/aromatic N) is 2. The van der Waals surface area contributed by atoms with Crippen molar-refractivity contribution in [2.75, 3.05) is 60.0 Å². The second kappa shape index (κ2) is 25.7. The van der Waals surface area contributed by atoms with Gasteiger partial charge in [-0.25, -0.2) is 0 Å². The fraction of sp³-hybridized carbons (Fsp3) is 0.514. The number of phenolic OH excluding ortho intramolecular Hbond substituents is 1. The standard InChI is InChI=1S/C35H48N6O14/c1-23(43)36-14-4-5-27(46)18-40(20-34(52)54-2)32(50)13-10-26(45)16-37-31(49)19-41(21-35(53)55-3)33(51)17-38-30(48)12-11-29(47)28(39-22-42)15-24-6-8-25(44)9-7-24/h6-9,22,28,44H,4-5,10-21H2,1-3H3,(H,36,43)(H,37,49)(H,38,48)(H,39,42)/t28-/m0/s1. The van der Waals surface area contributed by atoms with Crippen molar-refractivity contribution < 1.29 is 67.3 Å². The lowest BCUT2D eigenvalue weighted by Crippen LogP contribution is -2.48. The third-order valence-corrected chi connectivity index (χ3v) is 7.68. The number of amides is 6. The summed E-state index contributed by atoms with van der Waals surface area (Å²) in [6.45, 7) is -2.03. The number of carbonyl (C=O) groups is 11. The molecular formula is C35H48N6O14. The van der Waals surface area contributed by atoms with Crippen LogP contribution in [0.1, 0.15) is 51.0 Å². The van der Waals surface area contributed by atoms with E-state index in [-0.39, 0.29) is 56.1 Å². The van der Waals surface area contributed by atoms with E-state index in [0.29, 0.717) is 18.4 Å². The summed E-state index contributed by atoms with van der Waals surface area (Å²) in [5, 5.41) is 18.9. The SMILES string of the molecule is COC(=O)CN(CC(=O)CCCNC(C)=O)C(=O)CCC(=O)CNC(=O)CN(CC(=O)OC)C(=O)CNC(=O)CCC(=O)[C@H](Cc1ccc(O)cc1)NC=O. The molecule has 20 nitrogen and oxygen atoms in total. The summed E-state index contributed by atoms with van der Waals surface area (Å²) in [6, 6.07) is 5.02. The largest absolute Gasteiger partial charge is 0.508 e. The smallest absolute Gasteiger partial charge is 0.325 e. The van der Waals surface area contributed by atoms with Gasteiger partial charge in [-0.1, -0.05) is 12.1 Å². The van der Waals surface area contributed by atoms with Crippen LogP contribution in [-0.2, 0) is 68.6 Å². The average molecular weight is 777 g/mol. The van der Waals surface area contributed by atoms with Gasteiger partial charge in [-0.2, -0.15) is 0 Å². The second-order valence-electron chi connectivity index (χ2n) is 12.0. The Labute approximate surface area is 317 Å². The first-order valence-electron chi connectivity index (χ1n) is 17.1. The number of rotatable bonds is 27. The van der Waals surface area contributed by atoms with Crippen LogP contribution in [0.4, 0.5) is 0 Å². The molecule has 1 aromatic carbocycles. The number of ether oxygens (including phenoxy) is 2. The van der Waals surface area contributed by atoms with Gasteiger partial charge in [-0.05, 0) is 30.5 Å². The minimum atomic E-state index is -0.950. The van der Waals surface area contributed by atoms with E-state index in [1.165, 1.54) is 19.1 Å². The van der Waals surface area contributed by atoms with Crippen molar-refractivity contribution in [2.24, 2.45) is 0 Å². The Bertz CT molecular complexity index is 1550. The molecule has 0 saturated carbocycles. The molecule has 5 N–H and O–H groups in total. The molecule has 0 aromatic heterocycles. The number of esters is 2. The predicted molar refractivity (Wildman–Crippen MR) is 189 cm³/mol. The molecule has 0 aliphatic carbocycles. The van der Waals surface area contributed by atoms with Gasteiger partial charge in [0, 0.05) is 45.6 Å². The van der Waals surface area contributed by atoms with Crippen molar-refractivity contribution >= 4 is 65.2 Å². The minimum absolute atomic E-state index is 0.0185. The van der Waals surface area contributed by atoms with E-state index in [4.69, 9.17) is 0 Å². The van der Waals surface area contributed by atoms with Gasteiger partial charge in [0.05, 0.1) is 39.9 Å². The lowest BCUT2D eigenvalue weighted by Gasteiger charge is -2.21. The van der Waals surface area contributed by atoms with Crippen LogP contribution < -0.4 is 21.3 Å². The number of phenols is 1. The Morgan fingerprint density at radius 3 is 1.87 bits per heavy atom.